The Balaban J connectivity index is 1.34. The Morgan fingerprint density at radius 1 is 1.06 bits per heavy atom. The van der Waals surface area contributed by atoms with Crippen LogP contribution in [-0.4, -0.2) is 49.1 Å². The molecule has 1 N–H and O–H groups in total. The van der Waals surface area contributed by atoms with Gasteiger partial charge in [-0.1, -0.05) is 48.7 Å². The van der Waals surface area contributed by atoms with Gasteiger partial charge in [0.1, 0.15) is 5.75 Å². The van der Waals surface area contributed by atoms with Crippen LogP contribution in [0.3, 0.4) is 0 Å². The second-order valence-corrected chi connectivity index (χ2v) is 10.2. The van der Waals surface area contributed by atoms with Crippen LogP contribution in [0.4, 0.5) is 0 Å². The van der Waals surface area contributed by atoms with Gasteiger partial charge in [0, 0.05) is 25.6 Å². The molecule has 2 amide bonds. The summed E-state index contributed by atoms with van der Waals surface area (Å²) in [6, 6.07) is 14.4. The SMILES string of the molecule is Cc1ccc([C@H]2c3cc(OCC(=O)NC[C@H]4CCCO4)ccc3CCN2C(=O)C2CCCC2)cc1. The van der Waals surface area contributed by atoms with E-state index in [0.717, 1.165) is 69.2 Å². The molecule has 5 rings (SSSR count). The van der Waals surface area contributed by atoms with Crippen molar-refractivity contribution in [2.24, 2.45) is 5.92 Å². The Labute approximate surface area is 208 Å². The van der Waals surface area contributed by atoms with Gasteiger partial charge in [0.05, 0.1) is 12.1 Å². The maximum absolute atomic E-state index is 13.6. The lowest BCUT2D eigenvalue weighted by Gasteiger charge is -2.39. The highest BCUT2D eigenvalue weighted by molar-refractivity contribution is 5.80. The molecule has 2 aliphatic heterocycles. The number of hydrogen-bond acceptors (Lipinski definition) is 4. The number of rotatable bonds is 7. The average Bonchev–Trinajstić information content (AvgIpc) is 3.60. The third kappa shape index (κ3) is 5.53. The number of carbonyl (C=O) groups is 2. The van der Waals surface area contributed by atoms with Gasteiger partial charge in [-0.05, 0) is 67.9 Å². The summed E-state index contributed by atoms with van der Waals surface area (Å²) in [5, 5.41) is 2.91. The van der Waals surface area contributed by atoms with Crippen molar-refractivity contribution in [1.29, 1.82) is 0 Å². The van der Waals surface area contributed by atoms with Crippen molar-refractivity contribution in [2.75, 3.05) is 26.3 Å². The molecule has 2 aromatic carbocycles. The van der Waals surface area contributed by atoms with Crippen molar-refractivity contribution in [3.8, 4) is 5.75 Å². The summed E-state index contributed by atoms with van der Waals surface area (Å²) in [6.45, 7) is 4.07. The molecule has 35 heavy (non-hydrogen) atoms. The molecule has 3 aliphatic rings. The Morgan fingerprint density at radius 3 is 2.60 bits per heavy atom. The molecule has 2 aromatic rings. The minimum absolute atomic E-state index is 0.0363. The van der Waals surface area contributed by atoms with E-state index in [-0.39, 0.29) is 36.5 Å². The van der Waals surface area contributed by atoms with Gasteiger partial charge in [0.25, 0.3) is 5.91 Å². The predicted molar refractivity (Wildman–Crippen MR) is 134 cm³/mol. The highest BCUT2D eigenvalue weighted by Gasteiger charge is 2.36. The van der Waals surface area contributed by atoms with Gasteiger partial charge in [0.15, 0.2) is 6.61 Å². The van der Waals surface area contributed by atoms with E-state index in [4.69, 9.17) is 9.47 Å². The molecule has 6 heteroatoms. The van der Waals surface area contributed by atoms with Crippen LogP contribution in [0, 0.1) is 12.8 Å². The number of hydrogen-bond donors (Lipinski definition) is 1. The number of aryl methyl sites for hydroxylation is 1. The largest absolute Gasteiger partial charge is 0.484 e. The number of ether oxygens (including phenoxy) is 2. The molecule has 6 nitrogen and oxygen atoms in total. The zero-order chi connectivity index (χ0) is 24.2. The van der Waals surface area contributed by atoms with Gasteiger partial charge < -0.3 is 19.7 Å². The van der Waals surface area contributed by atoms with Crippen LogP contribution in [0.2, 0.25) is 0 Å². The highest BCUT2D eigenvalue weighted by atomic mass is 16.5. The average molecular weight is 477 g/mol. The van der Waals surface area contributed by atoms with Gasteiger partial charge in [-0.25, -0.2) is 0 Å². The third-order valence-electron chi connectivity index (χ3n) is 7.65. The lowest BCUT2D eigenvalue weighted by molar-refractivity contribution is -0.137. The Hall–Kier alpha value is -2.86. The summed E-state index contributed by atoms with van der Waals surface area (Å²) in [5.41, 5.74) is 4.66. The van der Waals surface area contributed by atoms with Crippen LogP contribution in [0.25, 0.3) is 0 Å². The fourth-order valence-electron chi connectivity index (χ4n) is 5.67. The maximum atomic E-state index is 13.6. The molecule has 1 aliphatic carbocycles. The van der Waals surface area contributed by atoms with E-state index in [1.807, 2.05) is 12.1 Å². The number of benzene rings is 2. The number of amides is 2. The van der Waals surface area contributed by atoms with Gasteiger partial charge in [-0.2, -0.15) is 0 Å². The normalized spacial score (nSPS) is 22.1. The number of nitrogens with one attached hydrogen (secondary N) is 1. The van der Waals surface area contributed by atoms with Crippen LogP contribution >= 0.6 is 0 Å². The Morgan fingerprint density at radius 2 is 1.86 bits per heavy atom. The summed E-state index contributed by atoms with van der Waals surface area (Å²) in [4.78, 5) is 28.0. The zero-order valence-electron chi connectivity index (χ0n) is 20.6. The zero-order valence-corrected chi connectivity index (χ0v) is 20.6. The van der Waals surface area contributed by atoms with Crippen molar-refractivity contribution in [3.05, 3.63) is 64.7 Å². The summed E-state index contributed by atoms with van der Waals surface area (Å²) < 4.78 is 11.5. The molecule has 186 valence electrons. The first-order valence-electron chi connectivity index (χ1n) is 13.1. The van der Waals surface area contributed by atoms with Crippen LogP contribution in [0.5, 0.6) is 5.75 Å². The molecule has 1 saturated heterocycles. The van der Waals surface area contributed by atoms with Crippen LogP contribution < -0.4 is 10.1 Å². The highest BCUT2D eigenvalue weighted by Crippen LogP contribution is 2.39. The molecule has 0 radical (unpaired) electrons. The molecular formula is C29H36N2O4. The van der Waals surface area contributed by atoms with Crippen molar-refractivity contribution in [3.63, 3.8) is 0 Å². The van der Waals surface area contributed by atoms with E-state index in [2.05, 4.69) is 47.5 Å². The Bertz CT molecular complexity index is 1040. The van der Waals surface area contributed by atoms with Crippen LogP contribution in [0.15, 0.2) is 42.5 Å². The van der Waals surface area contributed by atoms with Crippen LogP contribution in [-0.2, 0) is 20.7 Å². The summed E-state index contributed by atoms with van der Waals surface area (Å²) >= 11 is 0. The van der Waals surface area contributed by atoms with Crippen molar-refractivity contribution < 1.29 is 19.1 Å². The molecule has 0 unspecified atom stereocenters. The molecule has 0 aromatic heterocycles. The van der Waals surface area contributed by atoms with Gasteiger partial charge in [-0.3, -0.25) is 9.59 Å². The first-order valence-corrected chi connectivity index (χ1v) is 13.1. The number of fused-ring (bicyclic) bond motifs is 1. The second-order valence-electron chi connectivity index (χ2n) is 10.2. The smallest absolute Gasteiger partial charge is 0.258 e. The molecule has 2 heterocycles. The fraction of sp³-hybridized carbons (Fsp3) is 0.517. The topological polar surface area (TPSA) is 67.9 Å². The number of nitrogens with zero attached hydrogens (tertiary/aromatic N) is 1. The van der Waals surface area contributed by atoms with E-state index in [1.54, 1.807) is 0 Å². The molecule has 2 atom stereocenters. The lowest BCUT2D eigenvalue weighted by Crippen LogP contribution is -2.43. The summed E-state index contributed by atoms with van der Waals surface area (Å²) in [7, 11) is 0. The van der Waals surface area contributed by atoms with Crippen molar-refractivity contribution >= 4 is 11.8 Å². The van der Waals surface area contributed by atoms with Gasteiger partial charge in [-0.15, -0.1) is 0 Å². The molecular weight excluding hydrogens is 440 g/mol. The Kier molecular flexibility index (Phi) is 7.37. The first kappa shape index (κ1) is 23.9. The van der Waals surface area contributed by atoms with E-state index >= 15 is 0 Å². The first-order chi connectivity index (χ1) is 17.1. The van der Waals surface area contributed by atoms with E-state index < -0.39 is 0 Å². The summed E-state index contributed by atoms with van der Waals surface area (Å²) in [6.07, 6.45) is 7.25. The van der Waals surface area contributed by atoms with Gasteiger partial charge >= 0.3 is 0 Å². The maximum Gasteiger partial charge on any atom is 0.258 e. The van der Waals surface area contributed by atoms with E-state index in [0.29, 0.717) is 12.3 Å². The lowest BCUT2D eigenvalue weighted by atomic mass is 9.86. The third-order valence-corrected chi connectivity index (χ3v) is 7.65. The van der Waals surface area contributed by atoms with Crippen molar-refractivity contribution in [1.82, 2.24) is 10.2 Å². The van der Waals surface area contributed by atoms with Crippen LogP contribution in [0.1, 0.15) is 66.8 Å². The molecule has 1 saturated carbocycles. The van der Waals surface area contributed by atoms with Gasteiger partial charge in [0.2, 0.25) is 5.91 Å². The second kappa shape index (κ2) is 10.8. The molecule has 0 spiro atoms. The quantitative estimate of drug-likeness (QED) is 0.646. The van der Waals surface area contributed by atoms with Crippen molar-refractivity contribution in [2.45, 2.75) is 64.0 Å². The minimum Gasteiger partial charge on any atom is -0.484 e. The fourth-order valence-corrected chi connectivity index (χ4v) is 5.67. The number of carbonyl (C=O) groups excluding carboxylic acids is 2. The van der Waals surface area contributed by atoms with E-state index in [1.165, 1.54) is 11.1 Å². The standard InChI is InChI=1S/C29H36N2O4/c1-20-8-10-22(11-9-20)28-26-17-24(35-19-27(32)30-18-25-7-4-16-34-25)13-12-21(26)14-15-31(28)29(33)23-5-2-3-6-23/h8-13,17,23,25,28H,2-7,14-16,18-19H2,1H3,(H,30,32)/t25-,28+/m1/s1. The summed E-state index contributed by atoms with van der Waals surface area (Å²) in [5.74, 6) is 0.921. The monoisotopic (exact) mass is 476 g/mol. The minimum atomic E-state index is -0.147. The van der Waals surface area contributed by atoms with E-state index in [9.17, 15) is 9.59 Å². The molecule has 2 fully saturated rings. The molecule has 0 bridgehead atoms. The predicted octanol–water partition coefficient (Wildman–Crippen LogP) is 4.33.